The van der Waals surface area contributed by atoms with Gasteiger partial charge in [-0.15, -0.1) is 0 Å². The molecule has 6 nitrogen and oxygen atoms in total. The number of carbonyl (C=O) groups excluding carboxylic acids is 1. The van der Waals surface area contributed by atoms with E-state index >= 15 is 0 Å². The maximum absolute atomic E-state index is 12.8. The van der Waals surface area contributed by atoms with Gasteiger partial charge in [-0.05, 0) is 57.0 Å². The van der Waals surface area contributed by atoms with Gasteiger partial charge in [0.2, 0.25) is 15.9 Å². The van der Waals surface area contributed by atoms with Gasteiger partial charge in [0.15, 0.2) is 0 Å². The zero-order valence-electron chi connectivity index (χ0n) is 15.6. The van der Waals surface area contributed by atoms with Gasteiger partial charge in [-0.25, -0.2) is 8.42 Å². The number of sulfonamides is 1. The predicted octanol–water partition coefficient (Wildman–Crippen LogP) is 1.38. The summed E-state index contributed by atoms with van der Waals surface area (Å²) in [4.78, 5) is 14.5. The van der Waals surface area contributed by atoms with Crippen LogP contribution in [0.25, 0.3) is 0 Å². The average Bonchev–Trinajstić information content (AvgIpc) is 2.61. The molecule has 0 atom stereocenters. The van der Waals surface area contributed by atoms with Crippen LogP contribution in [0.1, 0.15) is 24.0 Å². The van der Waals surface area contributed by atoms with Crippen LogP contribution in [-0.2, 0) is 14.8 Å². The van der Waals surface area contributed by atoms with Crippen LogP contribution < -0.4 is 5.32 Å². The van der Waals surface area contributed by atoms with Crippen LogP contribution in [0.2, 0.25) is 0 Å². The van der Waals surface area contributed by atoms with Gasteiger partial charge in [0.05, 0.1) is 4.90 Å². The molecular weight excluding hydrogens is 338 g/mol. The third-order valence-electron chi connectivity index (χ3n) is 4.99. The minimum absolute atomic E-state index is 0.0898. The summed E-state index contributed by atoms with van der Waals surface area (Å²) >= 11 is 0. The van der Waals surface area contributed by atoms with Crippen molar-refractivity contribution in [1.29, 1.82) is 0 Å². The van der Waals surface area contributed by atoms with Crippen molar-refractivity contribution >= 4 is 15.9 Å². The van der Waals surface area contributed by atoms with Crippen molar-refractivity contribution in [2.75, 3.05) is 40.3 Å². The minimum atomic E-state index is -3.49. The van der Waals surface area contributed by atoms with Gasteiger partial charge in [-0.1, -0.05) is 6.07 Å². The van der Waals surface area contributed by atoms with Crippen LogP contribution >= 0.6 is 0 Å². The Bertz CT molecular complexity index is 710. The molecule has 1 N–H and O–H groups in total. The Morgan fingerprint density at radius 3 is 2.44 bits per heavy atom. The molecule has 1 heterocycles. The first-order valence-electron chi connectivity index (χ1n) is 8.74. The van der Waals surface area contributed by atoms with Crippen molar-refractivity contribution in [2.24, 2.45) is 5.92 Å². The molecule has 1 aliphatic heterocycles. The molecule has 0 saturated carbocycles. The third kappa shape index (κ3) is 4.59. The summed E-state index contributed by atoms with van der Waals surface area (Å²) in [5.41, 5.74) is 2.05. The van der Waals surface area contributed by atoms with E-state index in [1.807, 2.05) is 27.0 Å². The lowest BCUT2D eigenvalue weighted by molar-refractivity contribution is -0.135. The highest BCUT2D eigenvalue weighted by Crippen LogP contribution is 2.26. The van der Waals surface area contributed by atoms with E-state index in [1.165, 1.54) is 4.31 Å². The topological polar surface area (TPSA) is 69.7 Å². The Morgan fingerprint density at radius 2 is 1.88 bits per heavy atom. The van der Waals surface area contributed by atoms with Crippen LogP contribution in [0.4, 0.5) is 0 Å². The third-order valence-corrected chi connectivity index (χ3v) is 6.89. The smallest absolute Gasteiger partial charge is 0.243 e. The number of aryl methyl sites for hydroxylation is 2. The Balaban J connectivity index is 2.01. The number of benzene rings is 1. The highest BCUT2D eigenvalue weighted by atomic mass is 32.2. The van der Waals surface area contributed by atoms with E-state index in [2.05, 4.69) is 5.32 Å². The molecule has 0 unspecified atom stereocenters. The highest BCUT2D eigenvalue weighted by Gasteiger charge is 2.33. The lowest BCUT2D eigenvalue weighted by Crippen LogP contribution is -2.44. The number of hydrogen-bond donors (Lipinski definition) is 1. The quantitative estimate of drug-likeness (QED) is 0.825. The molecule has 140 valence electrons. The summed E-state index contributed by atoms with van der Waals surface area (Å²) in [6, 6.07) is 5.24. The summed E-state index contributed by atoms with van der Waals surface area (Å²) in [5.74, 6) is 0.0199. The first-order chi connectivity index (χ1) is 11.8. The van der Waals surface area contributed by atoms with Gasteiger partial charge < -0.3 is 10.2 Å². The summed E-state index contributed by atoms with van der Waals surface area (Å²) in [6.45, 7) is 6.09. The van der Waals surface area contributed by atoms with E-state index in [0.717, 1.165) is 17.7 Å². The lowest BCUT2D eigenvalue weighted by Gasteiger charge is -2.32. The standard InChI is InChI=1S/C18H29N3O3S/c1-14-5-6-17(13-15(14)2)25(23,24)21-10-7-16(8-11-21)18(22)20(4)12-9-19-3/h5-6,13,16,19H,7-12H2,1-4H3. The maximum atomic E-state index is 12.8. The minimum Gasteiger partial charge on any atom is -0.344 e. The monoisotopic (exact) mass is 367 g/mol. The lowest BCUT2D eigenvalue weighted by atomic mass is 9.97. The Kier molecular flexibility index (Phi) is 6.59. The second-order valence-corrected chi connectivity index (χ2v) is 8.73. The number of likely N-dealkylation sites (N-methyl/N-ethyl adjacent to an activating group) is 2. The maximum Gasteiger partial charge on any atom is 0.243 e. The van der Waals surface area contributed by atoms with Crippen LogP contribution in [-0.4, -0.2) is 63.8 Å². The fourth-order valence-corrected chi connectivity index (χ4v) is 4.62. The second kappa shape index (κ2) is 8.29. The fraction of sp³-hybridized carbons (Fsp3) is 0.611. The first kappa shape index (κ1) is 19.9. The molecule has 25 heavy (non-hydrogen) atoms. The van der Waals surface area contributed by atoms with Gasteiger partial charge >= 0.3 is 0 Å². The molecule has 1 amide bonds. The van der Waals surface area contributed by atoms with Gasteiger partial charge in [-0.3, -0.25) is 4.79 Å². The van der Waals surface area contributed by atoms with Gasteiger partial charge in [-0.2, -0.15) is 4.31 Å². The number of amides is 1. The van der Waals surface area contributed by atoms with Crippen LogP contribution in [0.3, 0.4) is 0 Å². The molecule has 0 aliphatic carbocycles. The highest BCUT2D eigenvalue weighted by molar-refractivity contribution is 7.89. The van der Waals surface area contributed by atoms with Crippen LogP contribution in [0.5, 0.6) is 0 Å². The number of rotatable bonds is 6. The predicted molar refractivity (Wildman–Crippen MR) is 99.0 cm³/mol. The molecule has 1 aromatic rings. The zero-order chi connectivity index (χ0) is 18.6. The summed E-state index contributed by atoms with van der Waals surface area (Å²) in [5, 5.41) is 3.03. The SMILES string of the molecule is CNCCN(C)C(=O)C1CCN(S(=O)(=O)c2ccc(C)c(C)c2)CC1. The van der Waals surface area contributed by atoms with E-state index in [-0.39, 0.29) is 11.8 Å². The summed E-state index contributed by atoms with van der Waals surface area (Å²) in [7, 11) is 0.173. The van der Waals surface area contributed by atoms with Crippen molar-refractivity contribution in [3.63, 3.8) is 0 Å². The first-order valence-corrected chi connectivity index (χ1v) is 10.2. The number of hydrogen-bond acceptors (Lipinski definition) is 4. The van der Waals surface area contributed by atoms with E-state index < -0.39 is 10.0 Å². The molecular formula is C18H29N3O3S. The largest absolute Gasteiger partial charge is 0.344 e. The van der Waals surface area contributed by atoms with E-state index in [0.29, 0.717) is 37.4 Å². The Hall–Kier alpha value is -1.44. The fourth-order valence-electron chi connectivity index (χ4n) is 3.07. The molecule has 0 spiro atoms. The van der Waals surface area contributed by atoms with Gasteiger partial charge in [0, 0.05) is 39.1 Å². The van der Waals surface area contributed by atoms with E-state index in [1.54, 1.807) is 24.1 Å². The molecule has 0 aromatic heterocycles. The molecule has 1 aromatic carbocycles. The van der Waals surface area contributed by atoms with Crippen molar-refractivity contribution in [1.82, 2.24) is 14.5 Å². The summed E-state index contributed by atoms with van der Waals surface area (Å²) in [6.07, 6.45) is 1.15. The number of nitrogens with one attached hydrogen (secondary N) is 1. The Morgan fingerprint density at radius 1 is 1.24 bits per heavy atom. The van der Waals surface area contributed by atoms with Crippen molar-refractivity contribution in [3.05, 3.63) is 29.3 Å². The van der Waals surface area contributed by atoms with Gasteiger partial charge in [0.1, 0.15) is 0 Å². The molecule has 1 fully saturated rings. The van der Waals surface area contributed by atoms with Crippen molar-refractivity contribution in [3.8, 4) is 0 Å². The number of piperidine rings is 1. The number of nitrogens with zero attached hydrogens (tertiary/aromatic N) is 2. The second-order valence-electron chi connectivity index (χ2n) is 6.79. The van der Waals surface area contributed by atoms with Crippen LogP contribution in [0, 0.1) is 19.8 Å². The molecule has 2 rings (SSSR count). The molecule has 0 bridgehead atoms. The molecule has 0 radical (unpaired) electrons. The van der Waals surface area contributed by atoms with Crippen LogP contribution in [0.15, 0.2) is 23.1 Å². The van der Waals surface area contributed by atoms with Gasteiger partial charge in [0.25, 0.3) is 0 Å². The number of carbonyl (C=O) groups is 1. The van der Waals surface area contributed by atoms with Crippen molar-refractivity contribution < 1.29 is 13.2 Å². The zero-order valence-corrected chi connectivity index (χ0v) is 16.4. The summed E-state index contributed by atoms with van der Waals surface area (Å²) < 4.78 is 27.2. The molecule has 7 heteroatoms. The Labute approximate surface area is 151 Å². The van der Waals surface area contributed by atoms with Crippen molar-refractivity contribution in [2.45, 2.75) is 31.6 Å². The molecule has 1 saturated heterocycles. The normalized spacial score (nSPS) is 16.8. The van der Waals surface area contributed by atoms with E-state index in [9.17, 15) is 13.2 Å². The molecule has 1 aliphatic rings. The average molecular weight is 368 g/mol. The van der Waals surface area contributed by atoms with E-state index in [4.69, 9.17) is 0 Å².